The Balaban J connectivity index is 2.24. The Hall–Kier alpha value is -0.820. The van der Waals surface area contributed by atoms with Crippen LogP contribution in [0.15, 0.2) is 24.3 Å². The van der Waals surface area contributed by atoms with Crippen molar-refractivity contribution in [3.63, 3.8) is 0 Å². The molecule has 1 aromatic carbocycles. The van der Waals surface area contributed by atoms with Gasteiger partial charge in [-0.15, -0.1) is 0 Å². The molecule has 1 aliphatic carbocycles. The van der Waals surface area contributed by atoms with Gasteiger partial charge in [0, 0.05) is 0 Å². The molecule has 1 saturated carbocycles. The normalized spacial score (nSPS) is 32.8. The minimum absolute atomic E-state index is 0.353. The van der Waals surface area contributed by atoms with Gasteiger partial charge >= 0.3 is 0 Å². The third-order valence-corrected chi connectivity index (χ3v) is 4.67. The Morgan fingerprint density at radius 1 is 1.17 bits per heavy atom. The van der Waals surface area contributed by atoms with Crippen LogP contribution in [0.1, 0.15) is 64.0 Å². The summed E-state index contributed by atoms with van der Waals surface area (Å²) in [4.78, 5) is 0. The SMILES string of the molecule is CC1CCC(O)(c2ccc(C(C)C)cc2)C(C)C1. The molecule has 2 rings (SSSR count). The largest absolute Gasteiger partial charge is 0.385 e. The van der Waals surface area contributed by atoms with Gasteiger partial charge in [-0.05, 0) is 48.1 Å². The van der Waals surface area contributed by atoms with E-state index in [0.717, 1.165) is 30.7 Å². The van der Waals surface area contributed by atoms with Crippen molar-refractivity contribution in [2.45, 2.75) is 58.5 Å². The van der Waals surface area contributed by atoms with Crippen LogP contribution in [0.4, 0.5) is 0 Å². The first-order valence-corrected chi connectivity index (χ1v) is 7.26. The summed E-state index contributed by atoms with van der Waals surface area (Å²) in [7, 11) is 0. The van der Waals surface area contributed by atoms with Crippen molar-refractivity contribution in [3.8, 4) is 0 Å². The van der Waals surface area contributed by atoms with Crippen LogP contribution in [0.5, 0.6) is 0 Å². The Morgan fingerprint density at radius 3 is 2.28 bits per heavy atom. The molecule has 0 bridgehead atoms. The zero-order chi connectivity index (χ0) is 13.3. The Bertz CT molecular complexity index is 393. The first-order chi connectivity index (χ1) is 8.43. The van der Waals surface area contributed by atoms with Crippen molar-refractivity contribution < 1.29 is 5.11 Å². The minimum Gasteiger partial charge on any atom is -0.385 e. The minimum atomic E-state index is -0.609. The summed E-state index contributed by atoms with van der Waals surface area (Å²) in [6.45, 7) is 8.88. The van der Waals surface area contributed by atoms with Gasteiger partial charge in [0.2, 0.25) is 0 Å². The summed E-state index contributed by atoms with van der Waals surface area (Å²) in [5.74, 6) is 1.65. The summed E-state index contributed by atoms with van der Waals surface area (Å²) >= 11 is 0. The van der Waals surface area contributed by atoms with Crippen molar-refractivity contribution in [3.05, 3.63) is 35.4 Å². The van der Waals surface area contributed by atoms with Gasteiger partial charge in [-0.1, -0.05) is 52.0 Å². The Labute approximate surface area is 111 Å². The Kier molecular flexibility index (Phi) is 3.82. The molecule has 0 aliphatic heterocycles. The second-order valence-corrected chi connectivity index (χ2v) is 6.48. The van der Waals surface area contributed by atoms with Gasteiger partial charge in [-0.2, -0.15) is 0 Å². The van der Waals surface area contributed by atoms with E-state index in [-0.39, 0.29) is 0 Å². The molecule has 0 radical (unpaired) electrons. The van der Waals surface area contributed by atoms with E-state index < -0.39 is 5.60 Å². The van der Waals surface area contributed by atoms with E-state index in [1.807, 2.05) is 0 Å². The van der Waals surface area contributed by atoms with Gasteiger partial charge in [-0.3, -0.25) is 0 Å². The molecule has 1 aliphatic rings. The first-order valence-electron chi connectivity index (χ1n) is 7.26. The van der Waals surface area contributed by atoms with E-state index in [2.05, 4.69) is 52.0 Å². The molecule has 0 amide bonds. The summed E-state index contributed by atoms with van der Waals surface area (Å²) in [6, 6.07) is 8.59. The molecule has 0 saturated heterocycles. The van der Waals surface area contributed by atoms with Crippen LogP contribution < -0.4 is 0 Å². The van der Waals surface area contributed by atoms with Crippen LogP contribution in [0.2, 0.25) is 0 Å². The Morgan fingerprint density at radius 2 is 1.78 bits per heavy atom. The average molecular weight is 246 g/mol. The quantitative estimate of drug-likeness (QED) is 0.817. The van der Waals surface area contributed by atoms with Gasteiger partial charge in [-0.25, -0.2) is 0 Å². The van der Waals surface area contributed by atoms with Crippen molar-refractivity contribution in [1.29, 1.82) is 0 Å². The molecule has 1 N–H and O–H groups in total. The van der Waals surface area contributed by atoms with Crippen LogP contribution in [-0.4, -0.2) is 5.11 Å². The highest BCUT2D eigenvalue weighted by molar-refractivity contribution is 5.29. The lowest BCUT2D eigenvalue weighted by atomic mass is 9.69. The predicted octanol–water partition coefficient (Wildman–Crippen LogP) is 4.45. The van der Waals surface area contributed by atoms with Gasteiger partial charge in [0.15, 0.2) is 0 Å². The third kappa shape index (κ3) is 2.47. The maximum atomic E-state index is 11.0. The number of hydrogen-bond acceptors (Lipinski definition) is 1. The van der Waals surface area contributed by atoms with Crippen molar-refractivity contribution in [2.24, 2.45) is 11.8 Å². The van der Waals surface area contributed by atoms with Gasteiger partial charge in [0.1, 0.15) is 0 Å². The molecule has 1 fully saturated rings. The van der Waals surface area contributed by atoms with Gasteiger partial charge < -0.3 is 5.11 Å². The maximum absolute atomic E-state index is 11.0. The highest BCUT2D eigenvalue weighted by atomic mass is 16.3. The number of benzene rings is 1. The lowest BCUT2D eigenvalue weighted by molar-refractivity contribution is -0.0587. The highest BCUT2D eigenvalue weighted by Gasteiger charge is 2.39. The fourth-order valence-corrected chi connectivity index (χ4v) is 3.21. The zero-order valence-corrected chi connectivity index (χ0v) is 12.1. The third-order valence-electron chi connectivity index (χ3n) is 4.67. The number of hydrogen-bond donors (Lipinski definition) is 1. The van der Waals surface area contributed by atoms with E-state index >= 15 is 0 Å². The maximum Gasteiger partial charge on any atom is 0.0922 e. The number of aliphatic hydroxyl groups is 1. The molecular weight excluding hydrogens is 220 g/mol. The van der Waals surface area contributed by atoms with Crippen LogP contribution in [0.25, 0.3) is 0 Å². The van der Waals surface area contributed by atoms with Crippen molar-refractivity contribution in [2.75, 3.05) is 0 Å². The smallest absolute Gasteiger partial charge is 0.0922 e. The van der Waals surface area contributed by atoms with Crippen molar-refractivity contribution in [1.82, 2.24) is 0 Å². The summed E-state index contributed by atoms with van der Waals surface area (Å²) < 4.78 is 0. The van der Waals surface area contributed by atoms with Crippen LogP contribution in [-0.2, 0) is 5.60 Å². The highest BCUT2D eigenvalue weighted by Crippen LogP contribution is 2.43. The molecule has 3 unspecified atom stereocenters. The fraction of sp³-hybridized carbons (Fsp3) is 0.647. The fourth-order valence-electron chi connectivity index (χ4n) is 3.21. The van der Waals surface area contributed by atoms with E-state index in [1.54, 1.807) is 0 Å². The van der Waals surface area contributed by atoms with E-state index in [4.69, 9.17) is 0 Å². The summed E-state index contributed by atoms with van der Waals surface area (Å²) in [6.07, 6.45) is 3.16. The summed E-state index contributed by atoms with van der Waals surface area (Å²) in [5, 5.41) is 11.0. The lowest BCUT2D eigenvalue weighted by Gasteiger charge is -2.41. The average Bonchev–Trinajstić information content (AvgIpc) is 2.34. The second kappa shape index (κ2) is 5.05. The topological polar surface area (TPSA) is 20.2 Å². The molecule has 3 atom stereocenters. The lowest BCUT2D eigenvalue weighted by Crippen LogP contribution is -2.38. The standard InChI is InChI=1S/C17H26O/c1-12(2)15-5-7-16(8-6-15)17(18)10-9-13(3)11-14(17)4/h5-8,12-14,18H,9-11H2,1-4H3. The van der Waals surface area contributed by atoms with Gasteiger partial charge in [0.05, 0.1) is 5.60 Å². The van der Waals surface area contributed by atoms with Crippen LogP contribution >= 0.6 is 0 Å². The summed E-state index contributed by atoms with van der Waals surface area (Å²) in [5.41, 5.74) is 1.84. The molecular formula is C17H26O. The van der Waals surface area contributed by atoms with Gasteiger partial charge in [0.25, 0.3) is 0 Å². The second-order valence-electron chi connectivity index (χ2n) is 6.48. The van der Waals surface area contributed by atoms with Crippen LogP contribution in [0, 0.1) is 11.8 Å². The molecule has 0 spiro atoms. The van der Waals surface area contributed by atoms with Crippen molar-refractivity contribution >= 4 is 0 Å². The zero-order valence-electron chi connectivity index (χ0n) is 12.1. The predicted molar refractivity (Wildman–Crippen MR) is 76.6 cm³/mol. The first kappa shape index (κ1) is 13.6. The molecule has 100 valence electrons. The molecule has 1 aromatic rings. The molecule has 18 heavy (non-hydrogen) atoms. The van der Waals surface area contributed by atoms with E-state index in [9.17, 15) is 5.11 Å². The molecule has 0 heterocycles. The van der Waals surface area contributed by atoms with E-state index in [0.29, 0.717) is 11.8 Å². The molecule has 0 aromatic heterocycles. The van der Waals surface area contributed by atoms with E-state index in [1.165, 1.54) is 5.56 Å². The molecule has 1 nitrogen and oxygen atoms in total. The molecule has 1 heteroatoms. The van der Waals surface area contributed by atoms with Crippen LogP contribution in [0.3, 0.4) is 0 Å². The number of rotatable bonds is 2. The monoisotopic (exact) mass is 246 g/mol.